The average molecular weight is 320 g/mol. The highest BCUT2D eigenvalue weighted by atomic mass is 16.7. The Hall–Kier alpha value is -1.46. The number of nitrogens with zero attached hydrogens (tertiary/aromatic N) is 1. The zero-order valence-electron chi connectivity index (χ0n) is 14.4. The molecule has 5 nitrogen and oxygen atoms in total. The van der Waals surface area contributed by atoms with E-state index in [9.17, 15) is 0 Å². The first-order chi connectivity index (χ1) is 11.2. The van der Waals surface area contributed by atoms with Crippen LogP contribution in [0.1, 0.15) is 38.3 Å². The maximum absolute atomic E-state index is 5.61. The molecule has 0 amide bonds. The number of rotatable bonds is 6. The number of hydrogen-bond acceptors (Lipinski definition) is 5. The molecule has 2 aliphatic heterocycles. The molecule has 0 unspecified atom stereocenters. The van der Waals surface area contributed by atoms with Crippen molar-refractivity contribution in [1.29, 1.82) is 0 Å². The normalized spacial score (nSPS) is 19.1. The minimum atomic E-state index is 0.277. The van der Waals surface area contributed by atoms with Gasteiger partial charge in [0.2, 0.25) is 12.5 Å². The zero-order valence-corrected chi connectivity index (χ0v) is 14.4. The van der Waals surface area contributed by atoms with Crippen molar-refractivity contribution in [3.05, 3.63) is 17.7 Å². The molecule has 0 radical (unpaired) electrons. The van der Waals surface area contributed by atoms with E-state index in [0.29, 0.717) is 12.0 Å². The Bertz CT molecular complexity index is 527. The number of benzene rings is 1. The third kappa shape index (κ3) is 3.72. The van der Waals surface area contributed by atoms with Crippen molar-refractivity contribution < 1.29 is 14.2 Å². The van der Waals surface area contributed by atoms with Gasteiger partial charge in [-0.3, -0.25) is 4.90 Å². The highest BCUT2D eigenvalue weighted by molar-refractivity contribution is 5.55. The monoisotopic (exact) mass is 320 g/mol. The van der Waals surface area contributed by atoms with Gasteiger partial charge in [-0.1, -0.05) is 13.8 Å². The summed E-state index contributed by atoms with van der Waals surface area (Å²) in [6.45, 7) is 9.13. The number of fused-ring (bicyclic) bond motifs is 1. The van der Waals surface area contributed by atoms with Crippen LogP contribution in [0.5, 0.6) is 17.2 Å². The summed E-state index contributed by atoms with van der Waals surface area (Å²) in [5.74, 6) is 3.03. The molecule has 1 fully saturated rings. The van der Waals surface area contributed by atoms with Crippen molar-refractivity contribution in [2.24, 2.45) is 5.92 Å². The second-order valence-corrected chi connectivity index (χ2v) is 6.73. The Morgan fingerprint density at radius 3 is 2.65 bits per heavy atom. The van der Waals surface area contributed by atoms with Gasteiger partial charge in [-0.15, -0.1) is 0 Å². The summed E-state index contributed by atoms with van der Waals surface area (Å²) in [5.41, 5.74) is 1.27. The fourth-order valence-electron chi connectivity index (χ4n) is 3.39. The lowest BCUT2D eigenvalue weighted by Gasteiger charge is -2.36. The summed E-state index contributed by atoms with van der Waals surface area (Å²) in [5, 5.41) is 3.44. The van der Waals surface area contributed by atoms with E-state index in [-0.39, 0.29) is 6.79 Å². The maximum Gasteiger partial charge on any atom is 0.231 e. The average Bonchev–Trinajstić information content (AvgIpc) is 3.03. The molecular formula is C18H28N2O3. The lowest BCUT2D eigenvalue weighted by Crippen LogP contribution is -2.45. The Kier molecular flexibility index (Phi) is 5.28. The van der Waals surface area contributed by atoms with Crippen molar-refractivity contribution in [2.45, 2.75) is 32.7 Å². The van der Waals surface area contributed by atoms with Crippen LogP contribution in [-0.2, 0) is 0 Å². The van der Waals surface area contributed by atoms with Crippen LogP contribution in [0.25, 0.3) is 0 Å². The molecule has 2 aliphatic rings. The molecule has 1 aromatic rings. The number of piperazine rings is 1. The predicted molar refractivity (Wildman–Crippen MR) is 90.4 cm³/mol. The Labute approximate surface area is 138 Å². The minimum Gasteiger partial charge on any atom is -0.493 e. The second kappa shape index (κ2) is 7.41. The smallest absolute Gasteiger partial charge is 0.231 e. The van der Waals surface area contributed by atoms with Gasteiger partial charge in [0.25, 0.3) is 0 Å². The quantitative estimate of drug-likeness (QED) is 0.873. The largest absolute Gasteiger partial charge is 0.493 e. The van der Waals surface area contributed by atoms with E-state index in [4.69, 9.17) is 14.2 Å². The molecule has 0 saturated carbocycles. The maximum atomic E-state index is 5.61. The molecule has 3 rings (SSSR count). The molecule has 0 bridgehead atoms. The Morgan fingerprint density at radius 2 is 1.96 bits per heavy atom. The second-order valence-electron chi connectivity index (χ2n) is 6.73. The van der Waals surface area contributed by atoms with Crippen molar-refractivity contribution in [3.8, 4) is 17.2 Å². The van der Waals surface area contributed by atoms with E-state index in [1.165, 1.54) is 12.0 Å². The fraction of sp³-hybridized carbons (Fsp3) is 0.667. The molecule has 1 atom stereocenters. The molecule has 1 N–H and O–H groups in total. The summed E-state index contributed by atoms with van der Waals surface area (Å²) in [6.07, 6.45) is 2.37. The van der Waals surface area contributed by atoms with E-state index >= 15 is 0 Å². The van der Waals surface area contributed by atoms with Gasteiger partial charge in [-0.25, -0.2) is 0 Å². The number of methoxy groups -OCH3 is 1. The Morgan fingerprint density at radius 1 is 1.17 bits per heavy atom. The van der Waals surface area contributed by atoms with Gasteiger partial charge in [0.15, 0.2) is 11.5 Å². The van der Waals surface area contributed by atoms with Crippen molar-refractivity contribution in [3.63, 3.8) is 0 Å². The van der Waals surface area contributed by atoms with Crippen LogP contribution in [0.15, 0.2) is 12.1 Å². The van der Waals surface area contributed by atoms with Gasteiger partial charge in [0.1, 0.15) is 0 Å². The van der Waals surface area contributed by atoms with Crippen LogP contribution < -0.4 is 19.5 Å². The predicted octanol–water partition coefficient (Wildman–Crippen LogP) is 2.81. The van der Waals surface area contributed by atoms with Gasteiger partial charge < -0.3 is 19.5 Å². The van der Waals surface area contributed by atoms with Crippen LogP contribution in [0.4, 0.5) is 0 Å². The fourth-order valence-corrected chi connectivity index (χ4v) is 3.39. The number of nitrogens with one attached hydrogen (secondary N) is 1. The lowest BCUT2D eigenvalue weighted by molar-refractivity contribution is 0.159. The summed E-state index contributed by atoms with van der Waals surface area (Å²) >= 11 is 0. The zero-order chi connectivity index (χ0) is 16.2. The van der Waals surface area contributed by atoms with Gasteiger partial charge in [-0.05, 0) is 36.5 Å². The number of ether oxygens (including phenoxy) is 3. The first-order valence-corrected chi connectivity index (χ1v) is 8.61. The standard InChI is InChI=1S/C18H28N2O3/c1-13(2)4-5-15(20-8-6-19-7-9-20)14-10-16(21-3)18-17(11-14)22-12-23-18/h10-11,13,15,19H,4-9,12H2,1-3H3/t15-/m1/s1. The molecule has 0 spiro atoms. The first kappa shape index (κ1) is 16.4. The van der Waals surface area contributed by atoms with Gasteiger partial charge in [-0.2, -0.15) is 0 Å². The summed E-state index contributed by atoms with van der Waals surface area (Å²) in [4.78, 5) is 2.58. The topological polar surface area (TPSA) is 43.0 Å². The molecule has 23 heavy (non-hydrogen) atoms. The minimum absolute atomic E-state index is 0.277. The molecule has 0 aliphatic carbocycles. The van der Waals surface area contributed by atoms with E-state index in [1.807, 2.05) is 0 Å². The van der Waals surface area contributed by atoms with Crippen LogP contribution in [-0.4, -0.2) is 45.0 Å². The van der Waals surface area contributed by atoms with Crippen molar-refractivity contribution in [1.82, 2.24) is 10.2 Å². The third-order valence-electron chi connectivity index (χ3n) is 4.68. The van der Waals surface area contributed by atoms with Crippen LogP contribution in [0.2, 0.25) is 0 Å². The first-order valence-electron chi connectivity index (χ1n) is 8.61. The summed E-state index contributed by atoms with van der Waals surface area (Å²) < 4.78 is 16.7. The highest BCUT2D eigenvalue weighted by Crippen LogP contribution is 2.44. The molecule has 1 aromatic carbocycles. The van der Waals surface area contributed by atoms with Crippen molar-refractivity contribution >= 4 is 0 Å². The van der Waals surface area contributed by atoms with Gasteiger partial charge >= 0.3 is 0 Å². The highest BCUT2D eigenvalue weighted by Gasteiger charge is 2.27. The summed E-state index contributed by atoms with van der Waals surface area (Å²) in [6, 6.07) is 4.67. The van der Waals surface area contributed by atoms with Crippen LogP contribution in [0.3, 0.4) is 0 Å². The van der Waals surface area contributed by atoms with Crippen LogP contribution >= 0.6 is 0 Å². The molecule has 128 valence electrons. The molecule has 0 aromatic heterocycles. The summed E-state index contributed by atoms with van der Waals surface area (Å²) in [7, 11) is 1.69. The van der Waals surface area contributed by atoms with E-state index in [1.54, 1.807) is 7.11 Å². The Balaban J connectivity index is 1.88. The SMILES string of the molecule is COc1cc([C@@H](CCC(C)C)N2CCNCC2)cc2c1OCO2. The van der Waals surface area contributed by atoms with Crippen molar-refractivity contribution in [2.75, 3.05) is 40.1 Å². The molecule has 1 saturated heterocycles. The lowest BCUT2D eigenvalue weighted by atomic mass is 9.95. The van der Waals surface area contributed by atoms with E-state index < -0.39 is 0 Å². The van der Waals surface area contributed by atoms with Gasteiger partial charge in [0.05, 0.1) is 7.11 Å². The van der Waals surface area contributed by atoms with E-state index in [0.717, 1.165) is 49.8 Å². The van der Waals surface area contributed by atoms with Gasteiger partial charge in [0, 0.05) is 32.2 Å². The number of hydrogen-bond donors (Lipinski definition) is 1. The molecule has 2 heterocycles. The van der Waals surface area contributed by atoms with Crippen LogP contribution in [0, 0.1) is 5.92 Å². The molecule has 5 heteroatoms. The van der Waals surface area contributed by atoms with E-state index in [2.05, 4.69) is 36.2 Å². The third-order valence-corrected chi connectivity index (χ3v) is 4.68. The molecular weight excluding hydrogens is 292 g/mol.